The maximum Gasteiger partial charge on any atom is 0.279 e. The highest BCUT2D eigenvalue weighted by atomic mass is 28.3. The number of H-pyrrole nitrogens is 1. The predicted octanol–water partition coefficient (Wildman–Crippen LogP) is 6.41. The number of rotatable bonds is 13. The molecule has 60 heavy (non-hydrogen) atoms. The Bertz CT molecular complexity index is 2630. The van der Waals surface area contributed by atoms with Gasteiger partial charge < -0.3 is 24.4 Å². The lowest BCUT2D eigenvalue weighted by atomic mass is 9.82. The van der Waals surface area contributed by atoms with Crippen LogP contribution >= 0.6 is 0 Å². The van der Waals surface area contributed by atoms with E-state index in [9.17, 15) is 24.8 Å². The van der Waals surface area contributed by atoms with Gasteiger partial charge in [-0.1, -0.05) is 91.9 Å². The third kappa shape index (κ3) is 6.99. The molecule has 308 valence electrons. The Hall–Kier alpha value is -6.35. The second-order valence-corrected chi connectivity index (χ2v) is 20.9. The number of nitro benzene ring substituents is 1. The van der Waals surface area contributed by atoms with E-state index in [1.165, 1.54) is 16.8 Å². The normalized spacial score (nSPS) is 19.9. The summed E-state index contributed by atoms with van der Waals surface area (Å²) < 4.78 is 14.1. The molecule has 2 N–H and O–H groups in total. The lowest BCUT2D eigenvalue weighted by Gasteiger charge is -2.37. The Kier molecular flexibility index (Phi) is 10.8. The van der Waals surface area contributed by atoms with Crippen molar-refractivity contribution in [1.82, 2.24) is 14.7 Å². The number of carbonyl (C=O) groups excluding carboxylic acids is 2. The third-order valence-electron chi connectivity index (χ3n) is 12.5. The number of non-ortho nitro benzene ring substituents is 1. The maximum atomic E-state index is 15.4. The van der Waals surface area contributed by atoms with E-state index in [1.807, 2.05) is 104 Å². The van der Waals surface area contributed by atoms with E-state index in [1.54, 1.807) is 29.0 Å². The number of para-hydroxylation sites is 1. The first kappa shape index (κ1) is 40.4. The molecule has 4 atom stereocenters. The Morgan fingerprint density at radius 3 is 2.32 bits per heavy atom. The standard InChI is InChI=1S/C46H47N5O8Si/c1-30-43(60(3,4)36-21-19-35(58-2)20-22-36)41(27-42(53)48(24-25-52)28-31-10-6-5-7-11-31)59-46(30)38-26-34(51(56)57)18-23-40(38)49(45(46)55)29-32-14-16-33(17-15-32)50-44(54)37-12-8-9-13-39(37)47-50/h5-23,26,30,41,43,47,52H,24-25,27-29H2,1-4H3/t30-,41+,43-,46+/m1/s1. The van der Waals surface area contributed by atoms with Crippen molar-refractivity contribution in [3.05, 3.63) is 158 Å². The summed E-state index contributed by atoms with van der Waals surface area (Å²) in [5.74, 6) is -0.416. The number of fused-ring (bicyclic) bond motifs is 3. The van der Waals surface area contributed by atoms with Gasteiger partial charge in [-0.2, -0.15) is 0 Å². The quantitative estimate of drug-likeness (QED) is 0.0768. The van der Waals surface area contributed by atoms with E-state index in [0.717, 1.165) is 16.3 Å². The minimum Gasteiger partial charge on any atom is -0.497 e. The number of methoxy groups -OCH3 is 1. The molecule has 1 saturated heterocycles. The van der Waals surface area contributed by atoms with E-state index in [2.05, 4.69) is 18.2 Å². The number of carbonyl (C=O) groups is 2. The zero-order valence-corrected chi connectivity index (χ0v) is 34.9. The van der Waals surface area contributed by atoms with Crippen LogP contribution in [0.25, 0.3) is 16.6 Å². The first-order valence-electron chi connectivity index (χ1n) is 20.0. The summed E-state index contributed by atoms with van der Waals surface area (Å²) in [5.41, 5.74) is 1.58. The Morgan fingerprint density at radius 1 is 0.950 bits per heavy atom. The molecular weight excluding hydrogens is 779 g/mol. The zero-order valence-electron chi connectivity index (χ0n) is 33.9. The number of aliphatic hydroxyl groups is 1. The van der Waals surface area contributed by atoms with Gasteiger partial charge in [-0.3, -0.25) is 29.6 Å². The summed E-state index contributed by atoms with van der Waals surface area (Å²) in [6, 6.07) is 36.5. The molecule has 1 spiro atoms. The first-order valence-corrected chi connectivity index (χ1v) is 23.1. The van der Waals surface area contributed by atoms with Gasteiger partial charge in [-0.25, -0.2) is 4.68 Å². The molecule has 1 fully saturated rings. The molecule has 14 heteroatoms. The van der Waals surface area contributed by atoms with Gasteiger partial charge in [0.2, 0.25) is 5.91 Å². The van der Waals surface area contributed by atoms with Gasteiger partial charge in [0, 0.05) is 36.7 Å². The van der Waals surface area contributed by atoms with Crippen molar-refractivity contribution in [2.75, 3.05) is 25.2 Å². The molecule has 8 rings (SSSR count). The maximum absolute atomic E-state index is 15.4. The molecule has 0 aliphatic carbocycles. The Balaban J connectivity index is 1.18. The third-order valence-corrected chi connectivity index (χ3v) is 16.8. The fourth-order valence-corrected chi connectivity index (χ4v) is 13.5. The van der Waals surface area contributed by atoms with Gasteiger partial charge in [0.05, 0.1) is 68.1 Å². The summed E-state index contributed by atoms with van der Waals surface area (Å²) in [6.07, 6.45) is -0.819. The van der Waals surface area contributed by atoms with Crippen LogP contribution in [0.15, 0.2) is 126 Å². The summed E-state index contributed by atoms with van der Waals surface area (Å²) in [7, 11) is -1.06. The number of hydrogen-bond acceptors (Lipinski definition) is 8. The van der Waals surface area contributed by atoms with Crippen molar-refractivity contribution in [3.8, 4) is 11.4 Å². The molecule has 1 aromatic heterocycles. The summed E-state index contributed by atoms with van der Waals surface area (Å²) in [5, 5.41) is 27.1. The van der Waals surface area contributed by atoms with Crippen molar-refractivity contribution in [1.29, 1.82) is 0 Å². The number of aliphatic hydroxyl groups excluding tert-OH is 1. The van der Waals surface area contributed by atoms with Gasteiger partial charge >= 0.3 is 0 Å². The van der Waals surface area contributed by atoms with Crippen LogP contribution < -0.4 is 20.4 Å². The van der Waals surface area contributed by atoms with Gasteiger partial charge in [0.15, 0.2) is 5.60 Å². The smallest absolute Gasteiger partial charge is 0.279 e. The monoisotopic (exact) mass is 825 g/mol. The largest absolute Gasteiger partial charge is 0.497 e. The lowest BCUT2D eigenvalue weighted by molar-refractivity contribution is -0.385. The molecule has 13 nitrogen and oxygen atoms in total. The highest BCUT2D eigenvalue weighted by Gasteiger charge is 2.66. The minimum absolute atomic E-state index is 0.0672. The minimum atomic E-state index is -2.67. The van der Waals surface area contributed by atoms with Crippen LogP contribution in [-0.2, 0) is 33.0 Å². The van der Waals surface area contributed by atoms with E-state index >= 15 is 4.79 Å². The summed E-state index contributed by atoms with van der Waals surface area (Å²) in [6.45, 7) is 6.67. The molecule has 2 amide bonds. The van der Waals surface area contributed by atoms with E-state index in [-0.39, 0.29) is 61.3 Å². The average Bonchev–Trinajstić information content (AvgIpc) is 3.83. The van der Waals surface area contributed by atoms with Gasteiger partial charge in [-0.15, -0.1) is 0 Å². The second kappa shape index (κ2) is 16.0. The van der Waals surface area contributed by atoms with Crippen LogP contribution in [0, 0.1) is 16.0 Å². The fraction of sp³-hybridized carbons (Fsp3) is 0.283. The number of ether oxygens (including phenoxy) is 2. The highest BCUT2D eigenvalue weighted by Crippen LogP contribution is 2.60. The van der Waals surface area contributed by atoms with E-state index in [0.29, 0.717) is 33.6 Å². The topological polar surface area (TPSA) is 160 Å². The summed E-state index contributed by atoms with van der Waals surface area (Å²) in [4.78, 5) is 58.0. The molecule has 5 aromatic carbocycles. The SMILES string of the molecule is COc1ccc([Si](C)(C)[C@H]2[C@H](CC(=O)N(CCO)Cc3ccccc3)O[C@@]3(C(=O)N(Cc4ccc(-n5[nH]c6ccccc6c5=O)cc4)c4ccc([N+](=O)[O-])cc43)[C@@H]2C)cc1. The molecule has 3 heterocycles. The van der Waals surface area contributed by atoms with Crippen LogP contribution in [0.1, 0.15) is 30.0 Å². The van der Waals surface area contributed by atoms with E-state index < -0.39 is 30.6 Å². The van der Waals surface area contributed by atoms with Crippen LogP contribution in [-0.4, -0.2) is 71.0 Å². The molecule has 0 radical (unpaired) electrons. The van der Waals surface area contributed by atoms with Gasteiger partial charge in [-0.05, 0) is 59.1 Å². The Morgan fingerprint density at radius 2 is 1.65 bits per heavy atom. The predicted molar refractivity (Wildman–Crippen MR) is 231 cm³/mol. The molecule has 0 saturated carbocycles. The highest BCUT2D eigenvalue weighted by molar-refractivity contribution is 6.91. The molecule has 0 unspecified atom stereocenters. The average molecular weight is 826 g/mol. The van der Waals surface area contributed by atoms with Crippen LogP contribution in [0.3, 0.4) is 0 Å². The molecular formula is C46H47N5O8Si. The number of benzene rings is 5. The number of aromatic amines is 1. The number of amides is 2. The van der Waals surface area contributed by atoms with Crippen molar-refractivity contribution in [2.24, 2.45) is 5.92 Å². The number of nitro groups is 1. The number of nitrogens with zero attached hydrogens (tertiary/aromatic N) is 4. The van der Waals surface area contributed by atoms with Gasteiger partial charge in [0.1, 0.15) is 5.75 Å². The van der Waals surface area contributed by atoms with Crippen molar-refractivity contribution in [2.45, 2.75) is 56.8 Å². The number of anilines is 1. The zero-order chi connectivity index (χ0) is 42.3. The number of nitrogens with one attached hydrogen (secondary N) is 1. The summed E-state index contributed by atoms with van der Waals surface area (Å²) >= 11 is 0. The van der Waals surface area contributed by atoms with Crippen molar-refractivity contribution >= 4 is 47.4 Å². The van der Waals surface area contributed by atoms with Crippen LogP contribution in [0.4, 0.5) is 11.4 Å². The first-order chi connectivity index (χ1) is 28.9. The van der Waals surface area contributed by atoms with Crippen LogP contribution in [0.5, 0.6) is 5.75 Å². The Labute approximate surface area is 347 Å². The lowest BCUT2D eigenvalue weighted by Crippen LogP contribution is -2.52. The van der Waals surface area contributed by atoms with Crippen molar-refractivity contribution < 1.29 is 29.1 Å². The molecule has 2 aliphatic heterocycles. The fourth-order valence-electron chi connectivity index (χ4n) is 9.46. The molecule has 2 aliphatic rings. The number of aromatic nitrogens is 2. The molecule has 0 bridgehead atoms. The number of hydrogen-bond donors (Lipinski definition) is 2. The second-order valence-electron chi connectivity index (χ2n) is 16.2. The van der Waals surface area contributed by atoms with E-state index in [4.69, 9.17) is 9.47 Å². The van der Waals surface area contributed by atoms with Crippen LogP contribution in [0.2, 0.25) is 18.6 Å². The van der Waals surface area contributed by atoms with Crippen molar-refractivity contribution in [3.63, 3.8) is 0 Å². The van der Waals surface area contributed by atoms with Gasteiger partial charge in [0.25, 0.3) is 17.2 Å². The molecule has 6 aromatic rings.